The second-order valence-electron chi connectivity index (χ2n) is 22.2. The quantitative estimate of drug-likeness (QED) is 0.0498. The minimum atomic E-state index is -1.09. The molecule has 524 valence electrons. The zero-order valence-corrected chi connectivity index (χ0v) is 60.6. The van der Waals surface area contributed by atoms with Crippen LogP contribution in [0.4, 0.5) is 69.2 Å². The maximum Gasteiger partial charge on any atom is 4.00 e. The van der Waals surface area contributed by atoms with Crippen LogP contribution in [-0.2, 0) is 60.6 Å². The van der Waals surface area contributed by atoms with Gasteiger partial charge in [0.2, 0.25) is 0 Å². The first-order chi connectivity index (χ1) is 46.4. The predicted octanol–water partition coefficient (Wildman–Crippen LogP) is 13.0. The fourth-order valence-electron chi connectivity index (χ4n) is 10.2. The number of hydrogen-bond donors (Lipinski definition) is 0. The van der Waals surface area contributed by atoms with Gasteiger partial charge in [0.15, 0.2) is 0 Å². The summed E-state index contributed by atoms with van der Waals surface area (Å²) in [5.74, 6) is -7.47. The van der Waals surface area contributed by atoms with E-state index in [1.165, 1.54) is 36.4 Å². The van der Waals surface area contributed by atoms with Gasteiger partial charge in [0, 0.05) is 39.6 Å². The molecule has 6 aliphatic heterocycles. The Bertz CT molecular complexity index is 4160. The molecule has 2 aromatic carbocycles. The molecule has 0 aliphatic carbocycles. The van der Waals surface area contributed by atoms with E-state index in [1.807, 2.05) is 134 Å². The Balaban J connectivity index is 0.000000204. The maximum atomic E-state index is 13.6. The van der Waals surface area contributed by atoms with Crippen molar-refractivity contribution in [2.75, 3.05) is 71.7 Å². The monoisotopic (exact) mass is 1810 g/mol. The van der Waals surface area contributed by atoms with Gasteiger partial charge in [-0.2, -0.15) is 74.1 Å². The van der Waals surface area contributed by atoms with Crippen molar-refractivity contribution >= 4 is 34.1 Å². The topological polar surface area (TPSA) is 125 Å². The summed E-state index contributed by atoms with van der Waals surface area (Å²) in [5, 5.41) is 0. The van der Waals surface area contributed by atoms with E-state index < -0.39 is 47.6 Å². The second-order valence-corrected chi connectivity index (χ2v) is 22.2. The molecule has 12 heterocycles. The summed E-state index contributed by atoms with van der Waals surface area (Å²) in [4.78, 5) is 44.8. The van der Waals surface area contributed by atoms with Crippen molar-refractivity contribution in [3.8, 4) is 56.5 Å². The SMILES string of the molecule is CC1=C(C)N(c2[c-]c(Oc3[c-]c(N4[CH-]N(C)C(C)=C4C)c(N4C=CN(C)[CH-]4)[c-]c3N3C=CN(C)[CH-]3)c(N3C=CN(C)[CH-]3)[c-]c2N2C=CN(C)[CH-]2)[CH-]N1C.Fc1c[c-]c(-c2cccc(-c3[c-]cc(F)nc3F)n2)c(F)n1.Fc1c[c-]c(-c2cccc(-c3[c-]cc(F)nc3F)n2)c(F)n1.[Ir].[Pt+4].[Rh]. The first-order valence-corrected chi connectivity index (χ1v) is 29.3. The van der Waals surface area contributed by atoms with Crippen LogP contribution in [0.15, 0.2) is 133 Å². The fourth-order valence-corrected chi connectivity index (χ4v) is 10.2. The molecule has 14 rings (SSSR count). The molecule has 0 fully saturated rings. The van der Waals surface area contributed by atoms with Gasteiger partial charge in [-0.25, -0.2) is 35.1 Å². The normalized spacial score (nSPS) is 15.3. The standard InChI is InChI=1S/C40H44N12O.2C15H5F4N3.Ir.Pt.Rh/c1-29-31(3)51(27-45(29)9)35-21-39(37(49-17-13-43(7)25-49)19-33(35)47-15-11-41(5)23-47)53-40-22-36(52-28-46(10)30(2)32(52)4)34(48-16-12-42(6)24-48)20-38(40)50-18-14-44(8)26-50;2*16-12-6-4-8(14(18)21-12)10-2-1-3-11(20-10)9-5-7-13(17)22-15(9)19;;;/h11-18,23-28H,1-10H3;2*1-3,6-7H;;;/q-10;2*-2;;+4;. The van der Waals surface area contributed by atoms with Crippen LogP contribution in [0.3, 0.4) is 0 Å². The molecule has 6 aromatic heterocycles. The van der Waals surface area contributed by atoms with Gasteiger partial charge in [-0.1, -0.05) is 94.4 Å². The Morgan fingerprint density at radius 1 is 0.350 bits per heavy atom. The third-order valence-corrected chi connectivity index (χ3v) is 15.5. The third kappa shape index (κ3) is 15.9. The zero-order valence-electron chi connectivity index (χ0n) is 54.3. The van der Waals surface area contributed by atoms with Crippen molar-refractivity contribution in [2.24, 2.45) is 0 Å². The minimum Gasteiger partial charge on any atom is -0.620 e. The molecule has 0 N–H and O–H groups in total. The number of benzene rings is 2. The molecule has 0 unspecified atom stereocenters. The van der Waals surface area contributed by atoms with Gasteiger partial charge in [0.05, 0.1) is 0 Å². The summed E-state index contributed by atoms with van der Waals surface area (Å²) in [5.41, 5.74) is 8.64. The van der Waals surface area contributed by atoms with Gasteiger partial charge in [0.1, 0.15) is 47.6 Å². The average Bonchev–Trinajstić information content (AvgIpc) is 1.48. The van der Waals surface area contributed by atoms with Crippen LogP contribution in [-0.4, -0.2) is 102 Å². The van der Waals surface area contributed by atoms with Gasteiger partial charge in [0.25, 0.3) is 0 Å². The van der Waals surface area contributed by atoms with Gasteiger partial charge in [-0.3, -0.25) is 44.2 Å². The number of nitrogens with zero attached hydrogens (tertiary/aromatic N) is 18. The number of hydrogen-bond acceptors (Lipinski definition) is 19. The van der Waals surface area contributed by atoms with Crippen LogP contribution in [0.2, 0.25) is 0 Å². The van der Waals surface area contributed by atoms with Gasteiger partial charge in [-0.05, 0) is 165 Å². The van der Waals surface area contributed by atoms with Crippen LogP contribution in [0.25, 0.3) is 45.0 Å². The molecule has 6 aliphatic rings. The van der Waals surface area contributed by atoms with Crippen LogP contribution in [0.1, 0.15) is 27.7 Å². The maximum absolute atomic E-state index is 13.6. The molecular formula is C70H54F8IrN18OPtRh-10. The molecule has 19 nitrogen and oxygen atoms in total. The summed E-state index contributed by atoms with van der Waals surface area (Å²) in [6.45, 7) is 20.6. The van der Waals surface area contributed by atoms with Crippen molar-refractivity contribution in [1.82, 2.24) is 59.3 Å². The smallest absolute Gasteiger partial charge is 0.620 e. The molecule has 0 bridgehead atoms. The second kappa shape index (κ2) is 31.4. The molecule has 0 saturated heterocycles. The molecule has 100 heavy (non-hydrogen) atoms. The van der Waals surface area contributed by atoms with Crippen LogP contribution >= 0.6 is 0 Å². The number of halogens is 8. The van der Waals surface area contributed by atoms with E-state index >= 15 is 0 Å². The van der Waals surface area contributed by atoms with E-state index in [0.29, 0.717) is 22.9 Å². The van der Waals surface area contributed by atoms with E-state index in [0.717, 1.165) is 69.8 Å². The van der Waals surface area contributed by atoms with Gasteiger partial charge >= 0.3 is 21.1 Å². The van der Waals surface area contributed by atoms with Crippen molar-refractivity contribution in [1.29, 1.82) is 0 Å². The Labute approximate surface area is 615 Å². The zero-order chi connectivity index (χ0) is 68.7. The van der Waals surface area contributed by atoms with Crippen molar-refractivity contribution in [3.63, 3.8) is 0 Å². The van der Waals surface area contributed by atoms with Gasteiger partial charge < -0.3 is 73.5 Å². The number of pyridine rings is 6. The van der Waals surface area contributed by atoms with Crippen molar-refractivity contribution < 1.29 is 101 Å². The molecule has 0 atom stereocenters. The van der Waals surface area contributed by atoms with Crippen LogP contribution in [0, 0.1) is 136 Å². The molecular weight excluding hydrogens is 1750 g/mol. The van der Waals surface area contributed by atoms with E-state index in [-0.39, 0.29) is 106 Å². The number of rotatable bonds is 12. The first-order valence-electron chi connectivity index (χ1n) is 29.3. The number of aromatic nitrogens is 6. The number of allylic oxidation sites excluding steroid dienone is 4. The van der Waals surface area contributed by atoms with E-state index in [1.54, 1.807) is 0 Å². The summed E-state index contributed by atoms with van der Waals surface area (Å²) in [6, 6.07) is 36.5. The largest absolute Gasteiger partial charge is 4.00 e. The average molecular weight is 1810 g/mol. The molecule has 0 amide bonds. The summed E-state index contributed by atoms with van der Waals surface area (Å²) in [6.07, 6.45) is 16.0. The van der Waals surface area contributed by atoms with Crippen LogP contribution in [0.5, 0.6) is 11.5 Å². The summed E-state index contributed by atoms with van der Waals surface area (Å²) in [7, 11) is 12.1. The van der Waals surface area contributed by atoms with E-state index in [2.05, 4.69) is 163 Å². The molecule has 0 spiro atoms. The van der Waals surface area contributed by atoms with Crippen molar-refractivity contribution in [3.05, 3.63) is 269 Å². The van der Waals surface area contributed by atoms with Gasteiger partial charge in [-0.15, -0.1) is 24.3 Å². The molecule has 8 aromatic rings. The summed E-state index contributed by atoms with van der Waals surface area (Å²) >= 11 is 0. The van der Waals surface area contributed by atoms with Crippen molar-refractivity contribution in [2.45, 2.75) is 27.7 Å². The fraction of sp³-hybridized carbons (Fsp3) is 0.143. The number of ether oxygens (including phenoxy) is 1. The Morgan fingerprint density at radius 3 is 0.850 bits per heavy atom. The Hall–Kier alpha value is -9.42. The van der Waals surface area contributed by atoms with E-state index in [4.69, 9.17) is 4.74 Å². The molecule has 2 radical (unpaired) electrons. The van der Waals surface area contributed by atoms with E-state index in [9.17, 15) is 35.1 Å². The Morgan fingerprint density at radius 2 is 0.620 bits per heavy atom. The summed E-state index contributed by atoms with van der Waals surface area (Å²) < 4.78 is 113. The molecule has 0 saturated carbocycles. The first kappa shape index (κ1) is 74.8. The number of anilines is 6. The Kier molecular flexibility index (Phi) is 23.5. The van der Waals surface area contributed by atoms with Crippen LogP contribution < -0.4 is 34.1 Å². The molecule has 30 heteroatoms. The third-order valence-electron chi connectivity index (χ3n) is 15.5. The minimum absolute atomic E-state index is 0. The predicted molar refractivity (Wildman–Crippen MR) is 345 cm³/mol.